The molecule has 0 spiro atoms. The number of nitrogens with one attached hydrogen (secondary N) is 1. The maximum absolute atomic E-state index is 12.6. The first kappa shape index (κ1) is 12.6. The van der Waals surface area contributed by atoms with Crippen molar-refractivity contribution in [3.8, 4) is 0 Å². The molecule has 0 bridgehead atoms. The molecule has 0 radical (unpaired) electrons. The number of anilines is 1. The fourth-order valence-electron chi connectivity index (χ4n) is 1.17. The molecular weight excluding hydrogens is 209 g/mol. The van der Waals surface area contributed by atoms with Crippen molar-refractivity contribution in [2.75, 3.05) is 5.32 Å². The zero-order chi connectivity index (χ0) is 12.1. The second-order valence-electron chi connectivity index (χ2n) is 3.76. The van der Waals surface area contributed by atoms with Crippen molar-refractivity contribution < 1.29 is 9.18 Å². The highest BCUT2D eigenvalue weighted by molar-refractivity contribution is 5.94. The molecule has 16 heavy (non-hydrogen) atoms. The van der Waals surface area contributed by atoms with E-state index in [-0.39, 0.29) is 11.8 Å². The maximum atomic E-state index is 12.6. The van der Waals surface area contributed by atoms with E-state index in [4.69, 9.17) is 5.73 Å². The average Bonchev–Trinajstić information content (AvgIpc) is 2.30. The molecule has 88 valence electrons. The van der Waals surface area contributed by atoms with Gasteiger partial charge in [0.05, 0.1) is 12.2 Å². The number of nitrogens with zero attached hydrogens (tertiary/aromatic N) is 1. The number of amides is 1. The Morgan fingerprint density at radius 3 is 2.81 bits per heavy atom. The summed E-state index contributed by atoms with van der Waals surface area (Å²) in [5.41, 5.74) is 5.74. The Morgan fingerprint density at radius 2 is 2.31 bits per heavy atom. The first-order chi connectivity index (χ1) is 7.54. The number of rotatable bonds is 4. The van der Waals surface area contributed by atoms with Gasteiger partial charge in [-0.1, -0.05) is 20.3 Å². The van der Waals surface area contributed by atoms with Gasteiger partial charge in [0.2, 0.25) is 5.91 Å². The van der Waals surface area contributed by atoms with Gasteiger partial charge < -0.3 is 11.1 Å². The van der Waals surface area contributed by atoms with E-state index in [1.54, 1.807) is 0 Å². The van der Waals surface area contributed by atoms with Crippen molar-refractivity contribution in [2.45, 2.75) is 26.3 Å². The molecular formula is C11H16FN3O. The van der Waals surface area contributed by atoms with Gasteiger partial charge in [-0.15, -0.1) is 0 Å². The number of hydrogen-bond acceptors (Lipinski definition) is 3. The Kier molecular flexibility index (Phi) is 4.37. The van der Waals surface area contributed by atoms with Crippen molar-refractivity contribution in [1.82, 2.24) is 4.98 Å². The average molecular weight is 225 g/mol. The van der Waals surface area contributed by atoms with Gasteiger partial charge in [0.25, 0.3) is 0 Å². The number of carbonyl (C=O) groups excluding carboxylic acids is 1. The molecule has 1 aromatic heterocycles. The third kappa shape index (κ3) is 3.27. The minimum absolute atomic E-state index is 0.0976. The van der Waals surface area contributed by atoms with Gasteiger partial charge in [-0.2, -0.15) is 0 Å². The van der Waals surface area contributed by atoms with Crippen molar-refractivity contribution in [2.24, 2.45) is 11.7 Å². The Hall–Kier alpha value is -1.49. The Morgan fingerprint density at radius 1 is 1.62 bits per heavy atom. The highest BCUT2D eigenvalue weighted by atomic mass is 19.1. The molecule has 1 heterocycles. The van der Waals surface area contributed by atoms with Crippen molar-refractivity contribution in [3.63, 3.8) is 0 Å². The van der Waals surface area contributed by atoms with E-state index < -0.39 is 11.9 Å². The van der Waals surface area contributed by atoms with E-state index in [9.17, 15) is 9.18 Å². The van der Waals surface area contributed by atoms with Gasteiger partial charge in [-0.25, -0.2) is 9.37 Å². The number of aromatic nitrogens is 1. The number of hydrogen-bond donors (Lipinski definition) is 2. The van der Waals surface area contributed by atoms with Gasteiger partial charge in [0, 0.05) is 0 Å². The van der Waals surface area contributed by atoms with Crippen LogP contribution in [0.3, 0.4) is 0 Å². The van der Waals surface area contributed by atoms with E-state index in [1.165, 1.54) is 12.1 Å². The molecule has 0 saturated carbocycles. The summed E-state index contributed by atoms with van der Waals surface area (Å²) in [5.74, 6) is -0.330. The lowest BCUT2D eigenvalue weighted by molar-refractivity contribution is -0.118. The summed E-state index contributed by atoms with van der Waals surface area (Å²) in [6.45, 7) is 3.87. The van der Waals surface area contributed by atoms with Crippen molar-refractivity contribution in [1.29, 1.82) is 0 Å². The highest BCUT2D eigenvalue weighted by Crippen LogP contribution is 2.09. The molecule has 0 aliphatic heterocycles. The Balaban J connectivity index is 2.60. The van der Waals surface area contributed by atoms with Gasteiger partial charge >= 0.3 is 0 Å². The van der Waals surface area contributed by atoms with Gasteiger partial charge in [0.1, 0.15) is 11.6 Å². The molecule has 0 saturated heterocycles. The zero-order valence-electron chi connectivity index (χ0n) is 9.40. The summed E-state index contributed by atoms with van der Waals surface area (Å²) in [5, 5.41) is 2.54. The number of nitrogens with two attached hydrogens (primary N) is 1. The van der Waals surface area contributed by atoms with Crippen molar-refractivity contribution in [3.05, 3.63) is 24.1 Å². The second kappa shape index (κ2) is 5.55. The van der Waals surface area contributed by atoms with Crippen LogP contribution in [0.25, 0.3) is 0 Å². The lowest BCUT2D eigenvalue weighted by Crippen LogP contribution is -2.40. The van der Waals surface area contributed by atoms with E-state index in [2.05, 4.69) is 10.3 Å². The predicted octanol–water partition coefficient (Wildman–Crippen LogP) is 1.53. The highest BCUT2D eigenvalue weighted by Gasteiger charge is 2.19. The maximum Gasteiger partial charge on any atom is 0.242 e. The minimum Gasteiger partial charge on any atom is -0.320 e. The molecule has 0 aliphatic rings. The van der Waals surface area contributed by atoms with Crippen LogP contribution in [0.4, 0.5) is 10.2 Å². The lowest BCUT2D eigenvalue weighted by Gasteiger charge is -2.17. The van der Waals surface area contributed by atoms with Crippen LogP contribution in [-0.2, 0) is 4.79 Å². The number of carbonyl (C=O) groups is 1. The predicted molar refractivity (Wildman–Crippen MR) is 60.3 cm³/mol. The fourth-order valence-corrected chi connectivity index (χ4v) is 1.17. The van der Waals surface area contributed by atoms with Crippen LogP contribution in [0.15, 0.2) is 18.3 Å². The quantitative estimate of drug-likeness (QED) is 0.816. The molecule has 0 aromatic carbocycles. The van der Waals surface area contributed by atoms with E-state index in [0.29, 0.717) is 5.82 Å². The summed E-state index contributed by atoms with van der Waals surface area (Å²) in [4.78, 5) is 15.4. The molecule has 1 aromatic rings. The summed E-state index contributed by atoms with van der Waals surface area (Å²) >= 11 is 0. The summed E-state index contributed by atoms with van der Waals surface area (Å²) in [6.07, 6.45) is 1.87. The van der Waals surface area contributed by atoms with E-state index in [1.807, 2.05) is 13.8 Å². The van der Waals surface area contributed by atoms with E-state index in [0.717, 1.165) is 12.6 Å². The normalized spacial score (nSPS) is 14.2. The molecule has 0 fully saturated rings. The lowest BCUT2D eigenvalue weighted by atomic mass is 9.99. The molecule has 1 rings (SSSR count). The monoisotopic (exact) mass is 225 g/mol. The third-order valence-corrected chi connectivity index (χ3v) is 2.54. The molecule has 4 nitrogen and oxygen atoms in total. The summed E-state index contributed by atoms with van der Waals surface area (Å²) in [6, 6.07) is 2.06. The van der Waals surface area contributed by atoms with Crippen LogP contribution in [0.2, 0.25) is 0 Å². The minimum atomic E-state index is -0.572. The topological polar surface area (TPSA) is 68.0 Å². The van der Waals surface area contributed by atoms with Gasteiger partial charge in [0.15, 0.2) is 0 Å². The number of halogens is 1. The molecule has 0 aliphatic carbocycles. The van der Waals surface area contributed by atoms with Crippen LogP contribution in [0.5, 0.6) is 0 Å². The molecule has 3 N–H and O–H groups in total. The summed E-state index contributed by atoms with van der Waals surface area (Å²) in [7, 11) is 0. The van der Waals surface area contributed by atoms with Crippen molar-refractivity contribution >= 4 is 11.7 Å². The first-order valence-corrected chi connectivity index (χ1v) is 5.22. The number of pyridine rings is 1. The molecule has 2 atom stereocenters. The molecule has 2 unspecified atom stereocenters. The largest absolute Gasteiger partial charge is 0.320 e. The van der Waals surface area contributed by atoms with Crippen LogP contribution < -0.4 is 11.1 Å². The Labute approximate surface area is 94.1 Å². The molecule has 5 heteroatoms. The van der Waals surface area contributed by atoms with Crippen LogP contribution in [-0.4, -0.2) is 16.9 Å². The second-order valence-corrected chi connectivity index (χ2v) is 3.76. The standard InChI is InChI=1S/C11H16FN3O/c1-3-7(2)10(13)11(16)15-9-5-4-8(12)6-14-9/h4-7,10H,3,13H2,1-2H3,(H,14,15,16). The smallest absolute Gasteiger partial charge is 0.242 e. The zero-order valence-corrected chi connectivity index (χ0v) is 9.40. The fraction of sp³-hybridized carbons (Fsp3) is 0.455. The van der Waals surface area contributed by atoms with Gasteiger partial charge in [-0.3, -0.25) is 4.79 Å². The van der Waals surface area contributed by atoms with E-state index >= 15 is 0 Å². The first-order valence-electron chi connectivity index (χ1n) is 5.22. The Bertz CT molecular complexity index is 353. The van der Waals surface area contributed by atoms with Crippen LogP contribution >= 0.6 is 0 Å². The third-order valence-electron chi connectivity index (χ3n) is 2.54. The van der Waals surface area contributed by atoms with Crippen LogP contribution in [0.1, 0.15) is 20.3 Å². The molecule has 1 amide bonds. The van der Waals surface area contributed by atoms with Gasteiger partial charge in [-0.05, 0) is 18.1 Å². The summed E-state index contributed by atoms with van der Waals surface area (Å²) < 4.78 is 12.6. The SMILES string of the molecule is CCC(C)C(N)C(=O)Nc1ccc(F)cn1. The van der Waals surface area contributed by atoms with Crippen LogP contribution in [0, 0.1) is 11.7 Å².